The van der Waals surface area contributed by atoms with Crippen LogP contribution in [-0.4, -0.2) is 0 Å². The van der Waals surface area contributed by atoms with E-state index in [1.54, 1.807) is 0 Å². The van der Waals surface area contributed by atoms with Gasteiger partial charge in [-0.05, 0) is 79.3 Å². The van der Waals surface area contributed by atoms with Crippen LogP contribution in [0.15, 0.2) is 60.7 Å². The lowest BCUT2D eigenvalue weighted by Gasteiger charge is -2.28. The van der Waals surface area contributed by atoms with Crippen LogP contribution in [0.3, 0.4) is 0 Å². The fourth-order valence-electron chi connectivity index (χ4n) is 5.52. The molecular formula is C36H50. The van der Waals surface area contributed by atoms with Gasteiger partial charge in [0.05, 0.1) is 0 Å². The zero-order valence-corrected chi connectivity index (χ0v) is 23.2. The van der Waals surface area contributed by atoms with Crippen LogP contribution in [0.1, 0.15) is 126 Å². The summed E-state index contributed by atoms with van der Waals surface area (Å²) in [6.07, 6.45) is 26.3. The van der Waals surface area contributed by atoms with Gasteiger partial charge in [-0.25, -0.2) is 0 Å². The summed E-state index contributed by atoms with van der Waals surface area (Å²) in [6, 6.07) is 17.8. The third-order valence-electron chi connectivity index (χ3n) is 8.00. The Balaban J connectivity index is 1.34. The maximum atomic E-state index is 3.35. The van der Waals surface area contributed by atoms with Gasteiger partial charge in [0.15, 0.2) is 0 Å². The first-order valence-corrected chi connectivity index (χ1v) is 15.1. The summed E-state index contributed by atoms with van der Waals surface area (Å²) in [5, 5.41) is 0. The Bertz CT molecular complexity index is 911. The first-order chi connectivity index (χ1) is 17.8. The molecule has 2 aromatic carbocycles. The Morgan fingerprint density at radius 3 is 1.69 bits per heavy atom. The van der Waals surface area contributed by atoms with Gasteiger partial charge in [-0.1, -0.05) is 133 Å². The molecule has 0 radical (unpaired) electrons. The Kier molecular flexibility index (Phi) is 13.6. The van der Waals surface area contributed by atoms with Crippen molar-refractivity contribution in [1.82, 2.24) is 0 Å². The van der Waals surface area contributed by atoms with E-state index in [0.29, 0.717) is 0 Å². The largest absolute Gasteiger partial charge is 0.0885 e. The molecule has 194 valence electrons. The van der Waals surface area contributed by atoms with Gasteiger partial charge >= 0.3 is 0 Å². The van der Waals surface area contributed by atoms with Gasteiger partial charge in [0, 0.05) is 11.1 Å². The molecule has 0 unspecified atom stereocenters. The van der Waals surface area contributed by atoms with Crippen LogP contribution in [0, 0.1) is 23.7 Å². The number of benzene rings is 2. The van der Waals surface area contributed by atoms with Crippen LogP contribution < -0.4 is 0 Å². The van der Waals surface area contributed by atoms with Crippen molar-refractivity contribution >= 4 is 0 Å². The number of aryl methyl sites for hydroxylation is 2. The highest BCUT2D eigenvalue weighted by atomic mass is 14.3. The summed E-state index contributed by atoms with van der Waals surface area (Å²) in [6.45, 7) is 4.53. The lowest BCUT2D eigenvalue weighted by atomic mass is 9.77. The van der Waals surface area contributed by atoms with Crippen LogP contribution in [0.5, 0.6) is 0 Å². The molecule has 0 amide bonds. The molecule has 0 N–H and O–H groups in total. The molecule has 0 saturated heterocycles. The molecule has 1 aliphatic carbocycles. The van der Waals surface area contributed by atoms with Gasteiger partial charge in [-0.3, -0.25) is 0 Å². The highest BCUT2D eigenvalue weighted by Gasteiger charge is 2.20. The second-order valence-corrected chi connectivity index (χ2v) is 11.1. The van der Waals surface area contributed by atoms with E-state index in [1.807, 2.05) is 0 Å². The molecule has 0 heteroatoms. The molecule has 3 rings (SSSR count). The van der Waals surface area contributed by atoms with E-state index >= 15 is 0 Å². The topological polar surface area (TPSA) is 0 Å². The van der Waals surface area contributed by atoms with Crippen molar-refractivity contribution in [1.29, 1.82) is 0 Å². The van der Waals surface area contributed by atoms with Crippen molar-refractivity contribution in [2.75, 3.05) is 0 Å². The molecule has 1 saturated carbocycles. The smallest absolute Gasteiger partial charge is 0.0249 e. The third kappa shape index (κ3) is 11.2. The number of hydrogen-bond donors (Lipinski definition) is 0. The first-order valence-electron chi connectivity index (χ1n) is 15.1. The van der Waals surface area contributed by atoms with E-state index in [9.17, 15) is 0 Å². The number of rotatable bonds is 14. The monoisotopic (exact) mass is 482 g/mol. The second-order valence-electron chi connectivity index (χ2n) is 11.1. The predicted molar refractivity (Wildman–Crippen MR) is 158 cm³/mol. The molecule has 1 fully saturated rings. The summed E-state index contributed by atoms with van der Waals surface area (Å²) in [5.41, 5.74) is 5.07. The van der Waals surface area contributed by atoms with Gasteiger partial charge in [-0.15, -0.1) is 0 Å². The normalized spacial score (nSPS) is 17.7. The molecular weight excluding hydrogens is 432 g/mol. The molecule has 0 atom stereocenters. The molecule has 2 aromatic rings. The van der Waals surface area contributed by atoms with E-state index in [4.69, 9.17) is 0 Å². The minimum absolute atomic E-state index is 0.941. The van der Waals surface area contributed by atoms with Gasteiger partial charge in [0.25, 0.3) is 0 Å². The fraction of sp³-hybridized carbons (Fsp3) is 0.556. The molecule has 36 heavy (non-hydrogen) atoms. The molecule has 0 nitrogen and oxygen atoms in total. The van der Waals surface area contributed by atoms with Crippen LogP contribution in [0.4, 0.5) is 0 Å². The lowest BCUT2D eigenvalue weighted by Crippen LogP contribution is -2.15. The van der Waals surface area contributed by atoms with E-state index in [0.717, 1.165) is 35.8 Å². The highest BCUT2D eigenvalue weighted by molar-refractivity contribution is 5.44. The highest BCUT2D eigenvalue weighted by Crippen LogP contribution is 2.34. The van der Waals surface area contributed by atoms with Crippen LogP contribution >= 0.6 is 0 Å². The summed E-state index contributed by atoms with van der Waals surface area (Å²) < 4.78 is 0. The molecule has 1 aliphatic rings. The Morgan fingerprint density at radius 1 is 0.583 bits per heavy atom. The van der Waals surface area contributed by atoms with Gasteiger partial charge < -0.3 is 0 Å². The van der Waals surface area contributed by atoms with Crippen LogP contribution in [0.25, 0.3) is 0 Å². The van der Waals surface area contributed by atoms with Gasteiger partial charge in [0.1, 0.15) is 0 Å². The summed E-state index contributed by atoms with van der Waals surface area (Å²) in [4.78, 5) is 0. The number of hydrogen-bond acceptors (Lipinski definition) is 0. The fourth-order valence-corrected chi connectivity index (χ4v) is 5.52. The maximum absolute atomic E-state index is 3.35. The lowest BCUT2D eigenvalue weighted by molar-refractivity contribution is 0.248. The molecule has 0 aromatic heterocycles. The van der Waals surface area contributed by atoms with E-state index in [2.05, 4.69) is 86.4 Å². The number of unbranched alkanes of at least 4 members (excludes halogenated alkanes) is 5. The summed E-state index contributed by atoms with van der Waals surface area (Å²) >= 11 is 0. The van der Waals surface area contributed by atoms with Gasteiger partial charge in [-0.2, -0.15) is 0 Å². The van der Waals surface area contributed by atoms with Crippen LogP contribution in [-0.2, 0) is 12.8 Å². The zero-order chi connectivity index (χ0) is 25.3. The minimum Gasteiger partial charge on any atom is -0.0885 e. The van der Waals surface area contributed by atoms with E-state index in [1.165, 1.54) is 101 Å². The quantitative estimate of drug-likeness (QED) is 0.143. The minimum atomic E-state index is 0.941. The maximum Gasteiger partial charge on any atom is 0.0249 e. The summed E-state index contributed by atoms with van der Waals surface area (Å²) in [5.74, 6) is 8.65. The van der Waals surface area contributed by atoms with E-state index < -0.39 is 0 Å². The van der Waals surface area contributed by atoms with Gasteiger partial charge in [0.2, 0.25) is 0 Å². The second kappa shape index (κ2) is 17.2. The van der Waals surface area contributed by atoms with Crippen molar-refractivity contribution in [3.05, 3.63) is 82.9 Å². The third-order valence-corrected chi connectivity index (χ3v) is 8.00. The molecule has 0 spiro atoms. The Morgan fingerprint density at radius 2 is 1.11 bits per heavy atom. The van der Waals surface area contributed by atoms with Crippen molar-refractivity contribution in [2.45, 2.75) is 117 Å². The average molecular weight is 483 g/mol. The average Bonchev–Trinajstić information content (AvgIpc) is 2.92. The van der Waals surface area contributed by atoms with E-state index in [-0.39, 0.29) is 0 Å². The SMILES string of the molecule is CCC/C=C/CCc1ccc(C#Cc2ccc(CCC3CCC(CCCCCCC)CC3)cc2)cc1. The Hall–Kier alpha value is -2.26. The van der Waals surface area contributed by atoms with Crippen molar-refractivity contribution in [2.24, 2.45) is 11.8 Å². The summed E-state index contributed by atoms with van der Waals surface area (Å²) in [7, 11) is 0. The van der Waals surface area contributed by atoms with Crippen molar-refractivity contribution in [3.8, 4) is 11.8 Å². The van der Waals surface area contributed by atoms with Crippen molar-refractivity contribution < 1.29 is 0 Å². The zero-order valence-electron chi connectivity index (χ0n) is 23.2. The van der Waals surface area contributed by atoms with Crippen molar-refractivity contribution in [3.63, 3.8) is 0 Å². The Labute approximate surface area is 223 Å². The molecule has 0 bridgehead atoms. The predicted octanol–water partition coefficient (Wildman–Crippen LogP) is 10.5. The standard InChI is InChI=1S/C36H50/c1-3-5-7-9-11-13-31-15-19-33(20-16-31)23-25-35-27-29-36(30-28-35)26-24-34-21-17-32(18-22-34)14-12-10-8-6-4-2/h7,9,15-16,19-20,27-30,32,34H,3-6,8,10-14,17-18,21-22,24,26H2,1-2H3/b9-7+. The van der Waals surface area contributed by atoms with Crippen LogP contribution in [0.2, 0.25) is 0 Å². The molecule has 0 heterocycles. The first kappa shape index (κ1) is 28.3. The number of allylic oxidation sites excluding steroid dienone is 2. The molecule has 0 aliphatic heterocycles.